The summed E-state index contributed by atoms with van der Waals surface area (Å²) in [5.74, 6) is 1.43. The van der Waals surface area contributed by atoms with E-state index in [1.807, 2.05) is 0 Å². The molecule has 0 bridgehead atoms. The van der Waals surface area contributed by atoms with Gasteiger partial charge in [0.05, 0.1) is 12.1 Å². The minimum atomic E-state index is -0.672. The van der Waals surface area contributed by atoms with Crippen molar-refractivity contribution in [1.82, 2.24) is 9.88 Å². The molecule has 0 aliphatic rings. The van der Waals surface area contributed by atoms with E-state index in [1.54, 1.807) is 31.2 Å². The highest BCUT2D eigenvalue weighted by atomic mass is 16.4. The van der Waals surface area contributed by atoms with Crippen LogP contribution in [0.2, 0.25) is 0 Å². The van der Waals surface area contributed by atoms with Crippen molar-refractivity contribution in [2.24, 2.45) is 0 Å². The number of fused-ring (bicyclic) bond motifs is 1. The highest BCUT2D eigenvalue weighted by Gasteiger charge is 2.20. The molecule has 1 atom stereocenters. The van der Waals surface area contributed by atoms with Gasteiger partial charge in [-0.2, -0.15) is 0 Å². The second kappa shape index (κ2) is 4.80. The number of hydrogen-bond donors (Lipinski definition) is 1. The first-order valence-corrected chi connectivity index (χ1v) is 5.46. The quantitative estimate of drug-likeness (QED) is 0.816. The normalized spacial score (nSPS) is 12.0. The molecule has 92 valence electrons. The Kier molecular flexibility index (Phi) is 3.20. The number of rotatable bonds is 3. The third-order valence-corrected chi connectivity index (χ3v) is 2.65. The summed E-state index contributed by atoms with van der Waals surface area (Å²) in [6.45, 7) is 1.75. The molecule has 1 N–H and O–H groups in total. The van der Waals surface area contributed by atoms with Crippen LogP contribution >= 0.6 is 0 Å². The summed E-state index contributed by atoms with van der Waals surface area (Å²) >= 11 is 0. The molecule has 0 saturated carbocycles. The Hall–Kier alpha value is -2.48. The lowest BCUT2D eigenvalue weighted by atomic mass is 10.2. The number of benzene rings is 1. The number of carbonyl (C=O) groups excluding carboxylic acids is 1. The van der Waals surface area contributed by atoms with Crippen molar-refractivity contribution in [3.63, 3.8) is 0 Å². The Morgan fingerprint density at radius 2 is 2.28 bits per heavy atom. The SMILES string of the molecule is C#CCNC(=O)C(C)n1c(=O)oc2ccccc21. The summed E-state index contributed by atoms with van der Waals surface area (Å²) in [6.07, 6.45) is 5.06. The molecule has 1 aromatic heterocycles. The predicted octanol–water partition coefficient (Wildman–Crippen LogP) is 0.905. The van der Waals surface area contributed by atoms with Gasteiger partial charge in [-0.15, -0.1) is 6.42 Å². The topological polar surface area (TPSA) is 64.2 Å². The van der Waals surface area contributed by atoms with E-state index in [2.05, 4.69) is 11.2 Å². The Morgan fingerprint density at radius 3 is 3.00 bits per heavy atom. The van der Waals surface area contributed by atoms with Gasteiger partial charge >= 0.3 is 5.76 Å². The second-order valence-corrected chi connectivity index (χ2v) is 3.80. The minimum absolute atomic E-state index is 0.133. The summed E-state index contributed by atoms with van der Waals surface area (Å²) in [6, 6.07) is 6.28. The molecule has 0 aliphatic carbocycles. The van der Waals surface area contributed by atoms with Gasteiger partial charge in [-0.25, -0.2) is 4.79 Å². The first-order valence-electron chi connectivity index (χ1n) is 5.46. The van der Waals surface area contributed by atoms with Gasteiger partial charge in [-0.05, 0) is 19.1 Å². The van der Waals surface area contributed by atoms with E-state index >= 15 is 0 Å². The van der Waals surface area contributed by atoms with Crippen molar-refractivity contribution in [2.45, 2.75) is 13.0 Å². The largest absolute Gasteiger partial charge is 0.420 e. The Bertz CT molecular complexity index is 675. The number of oxazole rings is 1. The van der Waals surface area contributed by atoms with E-state index in [1.165, 1.54) is 4.57 Å². The molecular weight excluding hydrogens is 232 g/mol. The summed E-state index contributed by atoms with van der Waals surface area (Å²) in [7, 11) is 0. The zero-order chi connectivity index (χ0) is 13.1. The van der Waals surface area contributed by atoms with Crippen LogP contribution in [0.5, 0.6) is 0 Å². The Morgan fingerprint density at radius 1 is 1.56 bits per heavy atom. The summed E-state index contributed by atoms with van der Waals surface area (Å²) in [4.78, 5) is 23.5. The molecule has 5 nitrogen and oxygen atoms in total. The van der Waals surface area contributed by atoms with Gasteiger partial charge in [0.25, 0.3) is 0 Å². The van der Waals surface area contributed by atoms with Crippen LogP contribution < -0.4 is 11.1 Å². The van der Waals surface area contributed by atoms with Gasteiger partial charge < -0.3 is 9.73 Å². The maximum Gasteiger partial charge on any atom is 0.420 e. The Balaban J connectivity index is 2.42. The predicted molar refractivity (Wildman–Crippen MR) is 67.0 cm³/mol. The molecule has 1 amide bonds. The highest BCUT2D eigenvalue weighted by molar-refractivity contribution is 5.83. The fraction of sp³-hybridized carbons (Fsp3) is 0.231. The van der Waals surface area contributed by atoms with Crippen LogP contribution in [0.4, 0.5) is 0 Å². The molecule has 0 aliphatic heterocycles. The lowest BCUT2D eigenvalue weighted by Crippen LogP contribution is -2.34. The van der Waals surface area contributed by atoms with Crippen LogP contribution in [0, 0.1) is 12.3 Å². The van der Waals surface area contributed by atoms with E-state index in [-0.39, 0.29) is 12.5 Å². The van der Waals surface area contributed by atoms with Crippen molar-refractivity contribution in [1.29, 1.82) is 0 Å². The monoisotopic (exact) mass is 244 g/mol. The molecule has 2 aromatic rings. The minimum Gasteiger partial charge on any atom is -0.408 e. The van der Waals surface area contributed by atoms with Gasteiger partial charge in [0, 0.05) is 0 Å². The molecule has 0 spiro atoms. The van der Waals surface area contributed by atoms with Crippen molar-refractivity contribution in [2.75, 3.05) is 6.54 Å². The number of hydrogen-bond acceptors (Lipinski definition) is 3. The van der Waals surface area contributed by atoms with E-state index in [0.717, 1.165) is 0 Å². The third kappa shape index (κ3) is 2.00. The zero-order valence-electron chi connectivity index (χ0n) is 9.84. The number of nitrogens with one attached hydrogen (secondary N) is 1. The molecule has 2 rings (SSSR count). The van der Waals surface area contributed by atoms with Crippen molar-refractivity contribution < 1.29 is 9.21 Å². The fourth-order valence-corrected chi connectivity index (χ4v) is 1.75. The number of amides is 1. The first kappa shape index (κ1) is 12.0. The van der Waals surface area contributed by atoms with Crippen LogP contribution in [-0.2, 0) is 4.79 Å². The molecule has 1 heterocycles. The molecular formula is C13H12N2O3. The van der Waals surface area contributed by atoms with Crippen LogP contribution in [0.3, 0.4) is 0 Å². The smallest absolute Gasteiger partial charge is 0.408 e. The molecule has 1 aromatic carbocycles. The van der Waals surface area contributed by atoms with Gasteiger partial charge in [0.15, 0.2) is 5.58 Å². The van der Waals surface area contributed by atoms with Gasteiger partial charge in [-0.3, -0.25) is 9.36 Å². The van der Waals surface area contributed by atoms with Crippen molar-refractivity contribution >= 4 is 17.0 Å². The van der Waals surface area contributed by atoms with E-state index in [4.69, 9.17) is 10.8 Å². The van der Waals surface area contributed by atoms with E-state index in [9.17, 15) is 9.59 Å². The number of carbonyl (C=O) groups is 1. The van der Waals surface area contributed by atoms with Gasteiger partial charge in [0.2, 0.25) is 5.91 Å². The lowest BCUT2D eigenvalue weighted by molar-refractivity contribution is -0.123. The van der Waals surface area contributed by atoms with Crippen LogP contribution in [0.15, 0.2) is 33.5 Å². The number of aromatic nitrogens is 1. The highest BCUT2D eigenvalue weighted by Crippen LogP contribution is 2.16. The van der Waals surface area contributed by atoms with Crippen LogP contribution in [0.25, 0.3) is 11.1 Å². The Labute approximate surface area is 103 Å². The van der Waals surface area contributed by atoms with Crippen LogP contribution in [0.1, 0.15) is 13.0 Å². The average molecular weight is 244 g/mol. The second-order valence-electron chi connectivity index (χ2n) is 3.80. The summed E-state index contributed by atoms with van der Waals surface area (Å²) in [5, 5.41) is 2.54. The van der Waals surface area contributed by atoms with Crippen LogP contribution in [-0.4, -0.2) is 17.0 Å². The molecule has 0 fully saturated rings. The molecule has 0 saturated heterocycles. The zero-order valence-corrected chi connectivity index (χ0v) is 9.84. The molecule has 18 heavy (non-hydrogen) atoms. The maximum absolute atomic E-state index is 11.8. The molecule has 5 heteroatoms. The van der Waals surface area contributed by atoms with Gasteiger partial charge in [-0.1, -0.05) is 18.1 Å². The fourth-order valence-electron chi connectivity index (χ4n) is 1.75. The maximum atomic E-state index is 11.8. The number of nitrogens with zero attached hydrogens (tertiary/aromatic N) is 1. The third-order valence-electron chi connectivity index (χ3n) is 2.65. The average Bonchev–Trinajstić information content (AvgIpc) is 2.70. The molecule has 0 radical (unpaired) electrons. The van der Waals surface area contributed by atoms with Crippen molar-refractivity contribution in [3.05, 3.63) is 34.8 Å². The lowest BCUT2D eigenvalue weighted by Gasteiger charge is -2.11. The van der Waals surface area contributed by atoms with Gasteiger partial charge in [0.1, 0.15) is 6.04 Å². The van der Waals surface area contributed by atoms with E-state index < -0.39 is 11.8 Å². The summed E-state index contributed by atoms with van der Waals surface area (Å²) < 4.78 is 6.37. The van der Waals surface area contributed by atoms with E-state index in [0.29, 0.717) is 11.1 Å². The standard InChI is InChI=1S/C13H12N2O3/c1-3-8-14-12(16)9(2)15-10-6-4-5-7-11(10)18-13(15)17/h1,4-7,9H,8H2,2H3,(H,14,16). The molecule has 1 unspecified atom stereocenters. The number of para-hydroxylation sites is 2. The van der Waals surface area contributed by atoms with Crippen molar-refractivity contribution in [3.8, 4) is 12.3 Å². The number of terminal acetylenes is 1. The first-order chi connectivity index (χ1) is 8.65. The summed E-state index contributed by atoms with van der Waals surface area (Å²) in [5.41, 5.74) is 1.05.